The lowest BCUT2D eigenvalue weighted by Gasteiger charge is -2.13. The van der Waals surface area contributed by atoms with E-state index in [2.05, 4.69) is 22.7 Å². The van der Waals surface area contributed by atoms with Crippen molar-refractivity contribution < 1.29 is 19.1 Å². The van der Waals surface area contributed by atoms with Gasteiger partial charge in [0.1, 0.15) is 11.5 Å². The molecule has 0 saturated carbocycles. The van der Waals surface area contributed by atoms with Crippen molar-refractivity contribution in [3.8, 4) is 11.5 Å². The zero-order valence-corrected chi connectivity index (χ0v) is 14.4. The van der Waals surface area contributed by atoms with E-state index in [1.165, 1.54) is 7.11 Å². The van der Waals surface area contributed by atoms with Gasteiger partial charge >= 0.3 is 0 Å². The third-order valence-corrected chi connectivity index (χ3v) is 3.19. The van der Waals surface area contributed by atoms with Crippen molar-refractivity contribution in [2.24, 2.45) is 0 Å². The summed E-state index contributed by atoms with van der Waals surface area (Å²) in [6.07, 6.45) is 2.20. The Hall–Kier alpha value is -2.70. The number of benzene rings is 1. The molecule has 7 nitrogen and oxygen atoms in total. The number of anilines is 1. The maximum absolute atomic E-state index is 12.1. The molecular weight excluding hydrogens is 310 g/mol. The van der Waals surface area contributed by atoms with E-state index >= 15 is 0 Å². The molecule has 7 heteroatoms. The van der Waals surface area contributed by atoms with E-state index < -0.39 is 0 Å². The van der Waals surface area contributed by atoms with E-state index in [-0.39, 0.29) is 18.2 Å². The molecule has 0 saturated heterocycles. The first-order valence-corrected chi connectivity index (χ1v) is 7.74. The van der Waals surface area contributed by atoms with Gasteiger partial charge in [0.2, 0.25) is 11.8 Å². The normalized spacial score (nSPS) is 9.79. The van der Waals surface area contributed by atoms with Crippen molar-refractivity contribution in [2.45, 2.75) is 32.6 Å². The smallest absolute Gasteiger partial charge is 0.238 e. The van der Waals surface area contributed by atoms with Gasteiger partial charge in [-0.15, -0.1) is 0 Å². The molecule has 1 aromatic carbocycles. The Morgan fingerprint density at radius 3 is 2.50 bits per heavy atom. The average Bonchev–Trinajstić information content (AvgIpc) is 2.57. The molecule has 1 rings (SSSR count). The van der Waals surface area contributed by atoms with Gasteiger partial charge in [-0.3, -0.25) is 15.0 Å². The summed E-state index contributed by atoms with van der Waals surface area (Å²) < 4.78 is 10.3. The van der Waals surface area contributed by atoms with Crippen LogP contribution in [0.4, 0.5) is 5.69 Å². The molecule has 0 radical (unpaired) electrons. The summed E-state index contributed by atoms with van der Waals surface area (Å²) in [5.74, 6) is 0.705. The van der Waals surface area contributed by atoms with Crippen LogP contribution in [0, 0.1) is 0 Å². The highest BCUT2D eigenvalue weighted by atomic mass is 16.5. The first-order chi connectivity index (χ1) is 11.5. The second-order valence-corrected chi connectivity index (χ2v) is 5.17. The number of carbonyl (C=O) groups excluding carboxylic acids is 2. The van der Waals surface area contributed by atoms with Crippen LogP contribution in [0.15, 0.2) is 30.5 Å². The maximum atomic E-state index is 12.1. The third-order valence-electron chi connectivity index (χ3n) is 3.19. The second-order valence-electron chi connectivity index (χ2n) is 5.17. The van der Waals surface area contributed by atoms with Crippen LogP contribution in [-0.4, -0.2) is 26.0 Å². The highest BCUT2D eigenvalue weighted by Gasteiger charge is 2.11. The summed E-state index contributed by atoms with van der Waals surface area (Å²) in [5.41, 5.74) is 6.05. The zero-order valence-electron chi connectivity index (χ0n) is 14.4. The largest absolute Gasteiger partial charge is 0.497 e. The van der Waals surface area contributed by atoms with Gasteiger partial charge in [0.05, 0.1) is 26.3 Å². The summed E-state index contributed by atoms with van der Waals surface area (Å²) in [6, 6.07) is 5.11. The topological polar surface area (TPSA) is 88.7 Å². The number of unbranched alkanes of at least 4 members (excludes halogenated alkanes) is 1. The molecule has 0 atom stereocenters. The number of methoxy groups -OCH3 is 2. The molecule has 0 spiro atoms. The molecule has 2 amide bonds. The van der Waals surface area contributed by atoms with Crippen LogP contribution in [0.1, 0.15) is 32.6 Å². The fraction of sp³-hybridized carbons (Fsp3) is 0.412. The molecule has 0 unspecified atom stereocenters. The monoisotopic (exact) mass is 335 g/mol. The Labute approximate surface area is 142 Å². The van der Waals surface area contributed by atoms with Crippen LogP contribution in [0.3, 0.4) is 0 Å². The van der Waals surface area contributed by atoms with Crippen molar-refractivity contribution in [2.75, 3.05) is 19.5 Å². The fourth-order valence-corrected chi connectivity index (χ4v) is 1.90. The minimum Gasteiger partial charge on any atom is -0.497 e. The Kier molecular flexibility index (Phi) is 8.18. The summed E-state index contributed by atoms with van der Waals surface area (Å²) in [7, 11) is 3.06. The quantitative estimate of drug-likeness (QED) is 0.571. The molecule has 0 bridgehead atoms. The van der Waals surface area contributed by atoms with Crippen molar-refractivity contribution >= 4 is 17.5 Å². The molecule has 0 aliphatic rings. The number of amides is 2. The molecule has 0 aliphatic carbocycles. The summed E-state index contributed by atoms with van der Waals surface area (Å²) in [5, 5.41) is 2.73. The number of carbonyl (C=O) groups is 2. The standard InChI is InChI=1S/C17H25N3O4/c1-5-6-7-16(21)20-19-12(2)10-17(22)18-14-11-13(23-3)8-9-15(14)24-4/h8-9,11,19H,2,5-7,10H2,1,3-4H3,(H,18,22)(H,20,21). The Balaban J connectivity index is 2.51. The van der Waals surface area contributed by atoms with E-state index in [1.807, 2.05) is 6.92 Å². The van der Waals surface area contributed by atoms with Gasteiger partial charge in [0.25, 0.3) is 0 Å². The maximum Gasteiger partial charge on any atom is 0.238 e. The molecule has 24 heavy (non-hydrogen) atoms. The molecule has 3 N–H and O–H groups in total. The predicted octanol–water partition coefficient (Wildman–Crippen LogP) is 2.36. The van der Waals surface area contributed by atoms with Gasteiger partial charge in [-0.25, -0.2) is 0 Å². The van der Waals surface area contributed by atoms with Crippen LogP contribution >= 0.6 is 0 Å². The lowest BCUT2D eigenvalue weighted by Crippen LogP contribution is -2.37. The number of nitrogens with one attached hydrogen (secondary N) is 3. The molecular formula is C17H25N3O4. The van der Waals surface area contributed by atoms with Gasteiger partial charge < -0.3 is 20.2 Å². The van der Waals surface area contributed by atoms with Gasteiger partial charge in [-0.2, -0.15) is 0 Å². The van der Waals surface area contributed by atoms with Crippen LogP contribution in [0.25, 0.3) is 0 Å². The van der Waals surface area contributed by atoms with Gasteiger partial charge in [0.15, 0.2) is 0 Å². The van der Waals surface area contributed by atoms with Crippen molar-refractivity contribution in [3.63, 3.8) is 0 Å². The third kappa shape index (κ3) is 6.60. The number of hydrogen-bond acceptors (Lipinski definition) is 5. The fourth-order valence-electron chi connectivity index (χ4n) is 1.90. The Morgan fingerprint density at radius 1 is 1.12 bits per heavy atom. The second kappa shape index (κ2) is 10.1. The molecule has 132 valence electrons. The number of hydrazine groups is 1. The van der Waals surface area contributed by atoms with Crippen LogP contribution in [0.2, 0.25) is 0 Å². The average molecular weight is 335 g/mol. The van der Waals surface area contributed by atoms with Crippen molar-refractivity contribution in [3.05, 3.63) is 30.5 Å². The van der Waals surface area contributed by atoms with E-state index in [9.17, 15) is 9.59 Å². The molecule has 0 heterocycles. The van der Waals surface area contributed by atoms with E-state index in [0.717, 1.165) is 12.8 Å². The lowest BCUT2D eigenvalue weighted by molar-refractivity contribution is -0.122. The lowest BCUT2D eigenvalue weighted by atomic mass is 10.2. The SMILES string of the molecule is C=C(CC(=O)Nc1cc(OC)ccc1OC)NNC(=O)CCCC. The number of ether oxygens (including phenoxy) is 2. The van der Waals surface area contributed by atoms with Crippen LogP contribution < -0.4 is 25.6 Å². The molecule has 0 aromatic heterocycles. The van der Waals surface area contributed by atoms with Crippen LogP contribution in [-0.2, 0) is 9.59 Å². The molecule has 0 aliphatic heterocycles. The number of hydrogen-bond donors (Lipinski definition) is 3. The minimum absolute atomic E-state index is 0.00835. The zero-order chi connectivity index (χ0) is 17.9. The minimum atomic E-state index is -0.290. The van der Waals surface area contributed by atoms with Crippen molar-refractivity contribution in [1.29, 1.82) is 0 Å². The first kappa shape index (κ1) is 19.3. The van der Waals surface area contributed by atoms with Gasteiger partial charge in [0, 0.05) is 18.2 Å². The Morgan fingerprint density at radius 2 is 1.88 bits per heavy atom. The predicted molar refractivity (Wildman–Crippen MR) is 92.7 cm³/mol. The summed E-state index contributed by atoms with van der Waals surface area (Å²) >= 11 is 0. The first-order valence-electron chi connectivity index (χ1n) is 7.74. The summed E-state index contributed by atoms with van der Waals surface area (Å²) in [4.78, 5) is 23.6. The Bertz CT molecular complexity index is 587. The number of rotatable bonds is 10. The van der Waals surface area contributed by atoms with E-state index in [1.54, 1.807) is 25.3 Å². The van der Waals surface area contributed by atoms with Crippen molar-refractivity contribution in [1.82, 2.24) is 10.9 Å². The van der Waals surface area contributed by atoms with E-state index in [0.29, 0.717) is 29.3 Å². The highest BCUT2D eigenvalue weighted by molar-refractivity contribution is 5.93. The van der Waals surface area contributed by atoms with Gasteiger partial charge in [-0.05, 0) is 18.6 Å². The van der Waals surface area contributed by atoms with E-state index in [4.69, 9.17) is 9.47 Å². The molecule has 1 aromatic rings. The summed E-state index contributed by atoms with van der Waals surface area (Å²) in [6.45, 7) is 5.73. The highest BCUT2D eigenvalue weighted by Crippen LogP contribution is 2.29. The molecule has 0 fully saturated rings. The van der Waals surface area contributed by atoms with Crippen LogP contribution in [0.5, 0.6) is 11.5 Å². The van der Waals surface area contributed by atoms with Gasteiger partial charge in [-0.1, -0.05) is 19.9 Å².